The van der Waals surface area contributed by atoms with Gasteiger partial charge >= 0.3 is 11.7 Å². The van der Waals surface area contributed by atoms with E-state index >= 15 is 0 Å². The second-order valence-electron chi connectivity index (χ2n) is 6.08. The van der Waals surface area contributed by atoms with Crippen molar-refractivity contribution < 1.29 is 34.1 Å². The molecule has 0 unspecified atom stereocenters. The van der Waals surface area contributed by atoms with Crippen LogP contribution in [0, 0.1) is 20.2 Å². The summed E-state index contributed by atoms with van der Waals surface area (Å²) >= 11 is 0. The molecule has 0 atom stereocenters. The third kappa shape index (κ3) is 3.87. The fourth-order valence-electron chi connectivity index (χ4n) is 2.77. The summed E-state index contributed by atoms with van der Waals surface area (Å²) in [5.41, 5.74) is -1.61. The van der Waals surface area contributed by atoms with Gasteiger partial charge in [-0.2, -0.15) is 0 Å². The third-order valence-electron chi connectivity index (χ3n) is 4.23. The van der Waals surface area contributed by atoms with Gasteiger partial charge in [-0.3, -0.25) is 35.1 Å². The van der Waals surface area contributed by atoms with Gasteiger partial charge in [0.2, 0.25) is 5.75 Å². The van der Waals surface area contributed by atoms with E-state index in [2.05, 4.69) is 0 Å². The Morgan fingerprint density at radius 2 is 1.71 bits per heavy atom. The lowest BCUT2D eigenvalue weighted by Gasteiger charge is -2.26. The van der Waals surface area contributed by atoms with Crippen LogP contribution in [-0.4, -0.2) is 39.9 Å². The summed E-state index contributed by atoms with van der Waals surface area (Å²) < 4.78 is 4.87. The Hall–Kier alpha value is -4.81. The van der Waals surface area contributed by atoms with Gasteiger partial charge in [0, 0.05) is 18.2 Å². The van der Waals surface area contributed by atoms with Crippen molar-refractivity contribution in [2.45, 2.75) is 0 Å². The zero-order valence-electron chi connectivity index (χ0n) is 15.6. The van der Waals surface area contributed by atoms with E-state index in [9.17, 15) is 39.7 Å². The number of nitro groups is 2. The number of carbonyl (C=O) groups is 3. The smallest absolute Gasteiger partial charge is 0.335 e. The number of hydrogen-bond acceptors (Lipinski definition) is 9. The fraction of sp³-hybridized carbons (Fsp3) is 0.0556. The first-order valence-electron chi connectivity index (χ1n) is 8.35. The van der Waals surface area contributed by atoms with Gasteiger partial charge in [0.05, 0.1) is 22.6 Å². The van der Waals surface area contributed by atoms with Crippen molar-refractivity contribution in [1.82, 2.24) is 5.32 Å². The van der Waals surface area contributed by atoms with Gasteiger partial charge in [0.15, 0.2) is 5.75 Å². The first-order chi connectivity index (χ1) is 14.6. The normalized spacial score (nSPS) is 15.1. The van der Waals surface area contributed by atoms with E-state index in [1.54, 1.807) is 0 Å². The molecule has 3 rings (SSSR count). The number of aromatic hydroxyl groups is 1. The number of ether oxygens (including phenoxy) is 1. The quantitative estimate of drug-likeness (QED) is 0.311. The second kappa shape index (κ2) is 7.90. The number of nitrogens with zero attached hydrogens (tertiary/aromatic N) is 3. The Labute approximate surface area is 172 Å². The van der Waals surface area contributed by atoms with E-state index < -0.39 is 44.7 Å². The summed E-state index contributed by atoms with van der Waals surface area (Å²) in [6.45, 7) is 0. The molecule has 4 amide bonds. The van der Waals surface area contributed by atoms with E-state index in [-0.39, 0.29) is 22.7 Å². The number of hydrogen-bond donors (Lipinski definition) is 2. The number of anilines is 1. The number of nitrogens with one attached hydrogen (secondary N) is 1. The van der Waals surface area contributed by atoms with Gasteiger partial charge in [-0.05, 0) is 29.8 Å². The van der Waals surface area contributed by atoms with Crippen LogP contribution in [0.4, 0.5) is 21.9 Å². The summed E-state index contributed by atoms with van der Waals surface area (Å²) in [7, 11) is 1.16. The minimum Gasteiger partial charge on any atom is -0.500 e. The van der Waals surface area contributed by atoms with Gasteiger partial charge < -0.3 is 9.84 Å². The first kappa shape index (κ1) is 20.9. The van der Waals surface area contributed by atoms with Crippen LogP contribution in [0.1, 0.15) is 5.56 Å². The van der Waals surface area contributed by atoms with Crippen LogP contribution >= 0.6 is 0 Å². The van der Waals surface area contributed by atoms with E-state index in [0.29, 0.717) is 4.90 Å². The number of amides is 4. The Kier molecular flexibility index (Phi) is 5.33. The van der Waals surface area contributed by atoms with Crippen molar-refractivity contribution >= 4 is 41.0 Å². The number of carbonyl (C=O) groups excluding carboxylic acids is 3. The van der Waals surface area contributed by atoms with Crippen molar-refractivity contribution in [1.29, 1.82) is 0 Å². The fourth-order valence-corrected chi connectivity index (χ4v) is 2.77. The van der Waals surface area contributed by atoms with E-state index in [1.807, 2.05) is 5.32 Å². The molecular weight excluding hydrogens is 416 g/mol. The van der Waals surface area contributed by atoms with Crippen molar-refractivity contribution in [2.75, 3.05) is 12.0 Å². The molecule has 0 radical (unpaired) electrons. The number of non-ortho nitro benzene ring substituents is 1. The summed E-state index contributed by atoms with van der Waals surface area (Å²) in [6.07, 6.45) is 0.984. The Balaban J connectivity index is 2.06. The number of urea groups is 1. The van der Waals surface area contributed by atoms with Crippen LogP contribution in [-0.2, 0) is 9.59 Å². The Morgan fingerprint density at radius 3 is 2.26 bits per heavy atom. The molecule has 0 aromatic heterocycles. The highest BCUT2D eigenvalue weighted by Gasteiger charge is 2.37. The molecule has 0 bridgehead atoms. The summed E-state index contributed by atoms with van der Waals surface area (Å²) in [4.78, 5) is 58.2. The zero-order valence-corrected chi connectivity index (χ0v) is 15.6. The number of imide groups is 2. The third-order valence-corrected chi connectivity index (χ3v) is 4.23. The molecule has 13 nitrogen and oxygen atoms in total. The predicted molar refractivity (Wildman–Crippen MR) is 103 cm³/mol. The molecule has 1 saturated heterocycles. The van der Waals surface area contributed by atoms with Gasteiger partial charge in [-0.25, -0.2) is 9.69 Å². The van der Waals surface area contributed by atoms with E-state index in [0.717, 1.165) is 49.6 Å². The standard InChI is InChI=1S/C18H12N4O9/c1-31-14-8-9(7-13(15(14)23)22(29)30)6-12-16(24)19-18(26)20(17(12)25)10-2-4-11(5-3-10)21(27)28/h2-8,23H,1H3,(H,19,24,26)/b12-6+. The lowest BCUT2D eigenvalue weighted by atomic mass is 10.1. The molecule has 0 spiro atoms. The van der Waals surface area contributed by atoms with E-state index in [1.165, 1.54) is 0 Å². The lowest BCUT2D eigenvalue weighted by molar-refractivity contribution is -0.386. The highest BCUT2D eigenvalue weighted by atomic mass is 16.6. The SMILES string of the molecule is COc1cc(/C=C2\C(=O)NC(=O)N(c3ccc([N+](=O)[O-])cc3)C2=O)cc([N+](=O)[O-])c1O. The number of phenolic OH excluding ortho intramolecular Hbond substituents is 1. The maximum absolute atomic E-state index is 12.8. The Bertz CT molecular complexity index is 1170. The van der Waals surface area contributed by atoms with Crippen LogP contribution in [0.15, 0.2) is 42.0 Å². The second-order valence-corrected chi connectivity index (χ2v) is 6.08. The zero-order chi connectivity index (χ0) is 22.9. The minimum absolute atomic E-state index is 0.0298. The highest BCUT2D eigenvalue weighted by Crippen LogP contribution is 2.37. The molecule has 1 aliphatic heterocycles. The number of rotatable bonds is 5. The van der Waals surface area contributed by atoms with Gasteiger partial charge in [0.1, 0.15) is 5.57 Å². The molecule has 2 aromatic rings. The first-order valence-corrected chi connectivity index (χ1v) is 8.35. The van der Waals surface area contributed by atoms with Crippen molar-refractivity contribution in [3.8, 4) is 11.5 Å². The van der Waals surface area contributed by atoms with Crippen molar-refractivity contribution in [3.05, 3.63) is 67.8 Å². The average Bonchev–Trinajstić information content (AvgIpc) is 2.72. The molecule has 31 heavy (non-hydrogen) atoms. The predicted octanol–water partition coefficient (Wildman–Crippen LogP) is 1.88. The minimum atomic E-state index is -1.07. The molecule has 1 aliphatic rings. The number of barbiturate groups is 1. The lowest BCUT2D eigenvalue weighted by Crippen LogP contribution is -2.54. The molecule has 1 fully saturated rings. The van der Waals surface area contributed by atoms with Crippen LogP contribution in [0.5, 0.6) is 11.5 Å². The largest absolute Gasteiger partial charge is 0.500 e. The van der Waals surface area contributed by atoms with Crippen LogP contribution < -0.4 is 15.0 Å². The maximum atomic E-state index is 12.8. The molecule has 158 valence electrons. The molecule has 0 aliphatic carbocycles. The van der Waals surface area contributed by atoms with Crippen LogP contribution in [0.25, 0.3) is 6.08 Å². The Morgan fingerprint density at radius 1 is 1.06 bits per heavy atom. The monoisotopic (exact) mass is 428 g/mol. The molecule has 13 heteroatoms. The summed E-state index contributed by atoms with van der Waals surface area (Å²) in [5, 5.41) is 33.7. The van der Waals surface area contributed by atoms with E-state index in [4.69, 9.17) is 4.74 Å². The highest BCUT2D eigenvalue weighted by molar-refractivity contribution is 6.39. The summed E-state index contributed by atoms with van der Waals surface area (Å²) in [5.74, 6) is -3.12. The molecule has 2 N–H and O–H groups in total. The topological polar surface area (TPSA) is 182 Å². The maximum Gasteiger partial charge on any atom is 0.335 e. The number of methoxy groups -OCH3 is 1. The van der Waals surface area contributed by atoms with Crippen molar-refractivity contribution in [3.63, 3.8) is 0 Å². The van der Waals surface area contributed by atoms with Gasteiger partial charge in [-0.1, -0.05) is 0 Å². The van der Waals surface area contributed by atoms with Crippen molar-refractivity contribution in [2.24, 2.45) is 0 Å². The van der Waals surface area contributed by atoms with Gasteiger partial charge in [0.25, 0.3) is 17.5 Å². The van der Waals surface area contributed by atoms with Gasteiger partial charge in [-0.15, -0.1) is 0 Å². The molecule has 1 heterocycles. The molecule has 2 aromatic carbocycles. The molecular formula is C18H12N4O9. The average molecular weight is 428 g/mol. The van der Waals surface area contributed by atoms with Crippen LogP contribution in [0.2, 0.25) is 0 Å². The molecule has 0 saturated carbocycles. The number of phenols is 1. The number of benzene rings is 2. The number of nitro benzene ring substituents is 2. The summed E-state index contributed by atoms with van der Waals surface area (Å²) in [6, 6.07) is 5.44. The van der Waals surface area contributed by atoms with Crippen LogP contribution in [0.3, 0.4) is 0 Å².